The van der Waals surface area contributed by atoms with E-state index in [1.54, 1.807) is 6.26 Å². The molecule has 22 heavy (non-hydrogen) atoms. The van der Waals surface area contributed by atoms with E-state index in [0.717, 1.165) is 35.1 Å². The van der Waals surface area contributed by atoms with Gasteiger partial charge in [0.05, 0.1) is 12.7 Å². The Morgan fingerprint density at radius 2 is 2.18 bits per heavy atom. The number of amides is 1. The number of furan rings is 1. The van der Waals surface area contributed by atoms with Crippen LogP contribution in [0, 0.1) is 12.8 Å². The van der Waals surface area contributed by atoms with E-state index >= 15 is 0 Å². The number of fused-ring (bicyclic) bond motifs is 1. The van der Waals surface area contributed by atoms with Crippen molar-refractivity contribution in [2.24, 2.45) is 5.92 Å². The van der Waals surface area contributed by atoms with Crippen LogP contribution in [-0.2, 0) is 16.0 Å². The zero-order valence-corrected chi connectivity index (χ0v) is 13.6. The van der Waals surface area contributed by atoms with Crippen LogP contribution in [0.4, 0.5) is 0 Å². The molecule has 0 fully saturated rings. The zero-order valence-electron chi connectivity index (χ0n) is 13.6. The van der Waals surface area contributed by atoms with Crippen molar-refractivity contribution in [3.05, 3.63) is 35.6 Å². The van der Waals surface area contributed by atoms with E-state index in [0.29, 0.717) is 25.5 Å². The highest BCUT2D eigenvalue weighted by atomic mass is 16.5. The highest BCUT2D eigenvalue weighted by Gasteiger charge is 2.10. The van der Waals surface area contributed by atoms with Gasteiger partial charge in [0, 0.05) is 30.7 Å². The van der Waals surface area contributed by atoms with Gasteiger partial charge in [-0.1, -0.05) is 26.0 Å². The number of aryl methyl sites for hydroxylation is 1. The second kappa shape index (κ2) is 7.99. The zero-order chi connectivity index (χ0) is 15.9. The maximum Gasteiger partial charge on any atom is 0.224 e. The first-order chi connectivity index (χ1) is 10.6. The molecular formula is C18H25NO3. The molecule has 0 bridgehead atoms. The molecule has 120 valence electrons. The van der Waals surface area contributed by atoms with E-state index in [1.165, 1.54) is 0 Å². The smallest absolute Gasteiger partial charge is 0.224 e. The molecule has 2 rings (SSSR count). The van der Waals surface area contributed by atoms with Crippen LogP contribution in [0.3, 0.4) is 0 Å². The monoisotopic (exact) mass is 303 g/mol. The second-order valence-corrected chi connectivity index (χ2v) is 6.11. The molecule has 0 radical (unpaired) electrons. The van der Waals surface area contributed by atoms with E-state index in [1.807, 2.05) is 25.1 Å². The van der Waals surface area contributed by atoms with Crippen LogP contribution in [0.15, 0.2) is 28.9 Å². The summed E-state index contributed by atoms with van der Waals surface area (Å²) in [6.07, 6.45) is 2.86. The minimum Gasteiger partial charge on any atom is -0.464 e. The molecule has 1 aromatic carbocycles. The fourth-order valence-electron chi connectivity index (χ4n) is 2.28. The van der Waals surface area contributed by atoms with E-state index < -0.39 is 0 Å². The van der Waals surface area contributed by atoms with Gasteiger partial charge in [-0.3, -0.25) is 4.79 Å². The van der Waals surface area contributed by atoms with Crippen molar-refractivity contribution in [1.82, 2.24) is 5.32 Å². The fourth-order valence-corrected chi connectivity index (χ4v) is 2.28. The number of hydrogen-bond donors (Lipinski definition) is 1. The summed E-state index contributed by atoms with van der Waals surface area (Å²) < 4.78 is 11.0. The molecule has 2 aromatic rings. The van der Waals surface area contributed by atoms with Crippen molar-refractivity contribution in [3.8, 4) is 0 Å². The van der Waals surface area contributed by atoms with Gasteiger partial charge >= 0.3 is 0 Å². The average Bonchev–Trinajstić information content (AvgIpc) is 2.84. The predicted molar refractivity (Wildman–Crippen MR) is 87.9 cm³/mol. The lowest BCUT2D eigenvalue weighted by Gasteiger charge is -2.07. The summed E-state index contributed by atoms with van der Waals surface area (Å²) in [5.74, 6) is 0.569. The normalized spacial score (nSPS) is 11.3. The molecule has 0 aliphatic heterocycles. The topological polar surface area (TPSA) is 51.5 Å². The summed E-state index contributed by atoms with van der Waals surface area (Å²) in [5, 5.41) is 3.94. The van der Waals surface area contributed by atoms with Crippen molar-refractivity contribution >= 4 is 16.9 Å². The SMILES string of the molecule is Cc1ccc2c(CC(=O)NCCCOCC(C)C)coc2c1. The Labute approximate surface area is 131 Å². The van der Waals surface area contributed by atoms with Gasteiger partial charge in [-0.2, -0.15) is 0 Å². The van der Waals surface area contributed by atoms with Gasteiger partial charge in [0.15, 0.2) is 0 Å². The van der Waals surface area contributed by atoms with Crippen molar-refractivity contribution in [3.63, 3.8) is 0 Å². The first-order valence-electron chi connectivity index (χ1n) is 7.87. The molecule has 1 amide bonds. The number of carbonyl (C=O) groups is 1. The van der Waals surface area contributed by atoms with Crippen molar-refractivity contribution in [2.75, 3.05) is 19.8 Å². The fraction of sp³-hybridized carbons (Fsp3) is 0.500. The lowest BCUT2D eigenvalue weighted by molar-refractivity contribution is -0.120. The molecule has 0 saturated heterocycles. The van der Waals surface area contributed by atoms with Crippen molar-refractivity contribution in [2.45, 2.75) is 33.6 Å². The summed E-state index contributed by atoms with van der Waals surface area (Å²) in [6, 6.07) is 6.03. The van der Waals surface area contributed by atoms with Crippen LogP contribution < -0.4 is 5.32 Å². The third-order valence-electron chi connectivity index (χ3n) is 3.40. The van der Waals surface area contributed by atoms with E-state index in [-0.39, 0.29) is 5.91 Å². The molecule has 0 saturated carbocycles. The molecule has 0 unspecified atom stereocenters. The summed E-state index contributed by atoms with van der Waals surface area (Å²) in [4.78, 5) is 12.0. The van der Waals surface area contributed by atoms with Crippen LogP contribution in [0.25, 0.3) is 11.0 Å². The molecule has 1 aromatic heterocycles. The maximum absolute atomic E-state index is 12.0. The Balaban J connectivity index is 1.74. The summed E-state index contributed by atoms with van der Waals surface area (Å²) >= 11 is 0. The Kier molecular flexibility index (Phi) is 6.01. The Morgan fingerprint density at radius 3 is 2.95 bits per heavy atom. The predicted octanol–water partition coefficient (Wildman–Crippen LogP) is 3.46. The quantitative estimate of drug-likeness (QED) is 0.760. The molecule has 4 nitrogen and oxygen atoms in total. The number of carbonyl (C=O) groups excluding carboxylic acids is 1. The average molecular weight is 303 g/mol. The summed E-state index contributed by atoms with van der Waals surface area (Å²) in [7, 11) is 0. The van der Waals surface area contributed by atoms with E-state index in [2.05, 4.69) is 19.2 Å². The van der Waals surface area contributed by atoms with E-state index in [9.17, 15) is 4.79 Å². The first-order valence-corrected chi connectivity index (χ1v) is 7.87. The third kappa shape index (κ3) is 4.88. The molecule has 1 N–H and O–H groups in total. The summed E-state index contributed by atoms with van der Waals surface area (Å²) in [5.41, 5.74) is 2.92. The Bertz CT molecular complexity index is 616. The number of rotatable bonds is 8. The molecule has 0 aliphatic rings. The van der Waals surface area contributed by atoms with Crippen molar-refractivity contribution in [1.29, 1.82) is 0 Å². The first kappa shape index (κ1) is 16.6. The highest BCUT2D eigenvalue weighted by Crippen LogP contribution is 2.22. The molecule has 0 aliphatic carbocycles. The molecule has 1 heterocycles. The number of hydrogen-bond acceptors (Lipinski definition) is 3. The molecule has 4 heteroatoms. The van der Waals surface area contributed by atoms with Gasteiger partial charge in [-0.15, -0.1) is 0 Å². The summed E-state index contributed by atoms with van der Waals surface area (Å²) in [6.45, 7) is 8.37. The lowest BCUT2D eigenvalue weighted by Crippen LogP contribution is -2.26. The molecule has 0 spiro atoms. The van der Waals surface area contributed by atoms with E-state index in [4.69, 9.17) is 9.15 Å². The lowest BCUT2D eigenvalue weighted by atomic mass is 10.1. The van der Waals surface area contributed by atoms with Crippen LogP contribution in [-0.4, -0.2) is 25.7 Å². The van der Waals surface area contributed by atoms with Gasteiger partial charge < -0.3 is 14.5 Å². The van der Waals surface area contributed by atoms with Crippen LogP contribution in [0.5, 0.6) is 0 Å². The Hall–Kier alpha value is -1.81. The minimum absolute atomic E-state index is 0.0205. The van der Waals surface area contributed by atoms with Gasteiger partial charge in [0.25, 0.3) is 0 Å². The van der Waals surface area contributed by atoms with Crippen LogP contribution >= 0.6 is 0 Å². The number of ether oxygens (including phenoxy) is 1. The third-order valence-corrected chi connectivity index (χ3v) is 3.40. The van der Waals surface area contributed by atoms with Crippen LogP contribution in [0.1, 0.15) is 31.4 Å². The number of nitrogens with one attached hydrogen (secondary N) is 1. The van der Waals surface area contributed by atoms with Gasteiger partial charge in [-0.05, 0) is 30.9 Å². The number of benzene rings is 1. The van der Waals surface area contributed by atoms with Gasteiger partial charge in [0.2, 0.25) is 5.91 Å². The van der Waals surface area contributed by atoms with Gasteiger partial charge in [0.1, 0.15) is 5.58 Å². The van der Waals surface area contributed by atoms with Gasteiger partial charge in [-0.25, -0.2) is 0 Å². The second-order valence-electron chi connectivity index (χ2n) is 6.11. The van der Waals surface area contributed by atoms with Crippen LogP contribution in [0.2, 0.25) is 0 Å². The highest BCUT2D eigenvalue weighted by molar-refractivity contribution is 5.87. The maximum atomic E-state index is 12.0. The molecular weight excluding hydrogens is 278 g/mol. The minimum atomic E-state index is 0.0205. The Morgan fingerprint density at radius 1 is 1.36 bits per heavy atom. The largest absolute Gasteiger partial charge is 0.464 e. The molecule has 0 atom stereocenters. The van der Waals surface area contributed by atoms with Crippen molar-refractivity contribution < 1.29 is 13.9 Å². The standard InChI is InChI=1S/C18H25NO3/c1-13(2)11-21-8-4-7-19-18(20)10-15-12-22-17-9-14(3)5-6-16(15)17/h5-6,9,12-13H,4,7-8,10-11H2,1-3H3,(H,19,20).